The van der Waals surface area contributed by atoms with Crippen LogP contribution in [0.1, 0.15) is 0 Å². The topological polar surface area (TPSA) is 45.0 Å². The number of phenolic OH excluding ortho intramolecular Hbond substituents is 1. The molecule has 132 valence electrons. The van der Waals surface area contributed by atoms with E-state index in [4.69, 9.17) is 0 Å². The first kappa shape index (κ1) is 17.2. The van der Waals surface area contributed by atoms with Gasteiger partial charge in [0, 0.05) is 5.39 Å². The number of phenols is 1. The Labute approximate surface area is 139 Å². The summed E-state index contributed by atoms with van der Waals surface area (Å²) >= 11 is 0. The van der Waals surface area contributed by atoms with Crippen LogP contribution in [0.2, 0.25) is 0 Å². The Balaban J connectivity index is 2.17. The maximum absolute atomic E-state index is 13.1. The van der Waals surface area contributed by atoms with Gasteiger partial charge in [0.05, 0.1) is 0 Å². The molecule has 0 spiro atoms. The van der Waals surface area contributed by atoms with Gasteiger partial charge in [0.2, 0.25) is 0 Å². The Morgan fingerprint density at radius 3 is 2.08 bits per heavy atom. The summed E-state index contributed by atoms with van der Waals surface area (Å²) in [7, 11) is -9.92. The molecule has 0 fully saturated rings. The lowest BCUT2D eigenvalue weighted by atomic mass is 10.1. The van der Waals surface area contributed by atoms with E-state index in [1.807, 2.05) is 0 Å². The number of benzene rings is 3. The lowest BCUT2D eigenvalue weighted by Crippen LogP contribution is -2.05. The van der Waals surface area contributed by atoms with Crippen molar-refractivity contribution < 1.29 is 24.5 Å². The number of halogens is 5. The molecular weight excluding hydrogens is 363 g/mol. The van der Waals surface area contributed by atoms with Crippen LogP contribution in [-0.4, -0.2) is 5.11 Å². The van der Waals surface area contributed by atoms with Crippen molar-refractivity contribution in [3.8, 4) is 5.75 Å². The molecule has 0 heterocycles. The molecule has 3 aromatic rings. The Morgan fingerprint density at radius 1 is 0.720 bits per heavy atom. The highest BCUT2D eigenvalue weighted by molar-refractivity contribution is 8.45. The monoisotopic (exact) mass is 374 g/mol. The third kappa shape index (κ3) is 3.55. The van der Waals surface area contributed by atoms with E-state index in [9.17, 15) is 24.5 Å². The molecule has 25 heavy (non-hydrogen) atoms. The van der Waals surface area contributed by atoms with Crippen LogP contribution in [0.5, 0.6) is 5.75 Å². The maximum atomic E-state index is 13.1. The molecule has 0 aliphatic carbocycles. The highest BCUT2D eigenvalue weighted by atomic mass is 32.5. The molecule has 3 rings (SSSR count). The Morgan fingerprint density at radius 2 is 1.36 bits per heavy atom. The fourth-order valence-corrected chi connectivity index (χ4v) is 3.16. The Kier molecular flexibility index (Phi) is 3.37. The molecule has 3 aromatic carbocycles. The minimum atomic E-state index is -9.92. The van der Waals surface area contributed by atoms with Gasteiger partial charge >= 0.3 is 10.2 Å². The zero-order valence-corrected chi connectivity index (χ0v) is 13.2. The van der Waals surface area contributed by atoms with Crippen LogP contribution < -0.4 is 0 Å². The second kappa shape index (κ2) is 4.92. The average Bonchev–Trinajstić information content (AvgIpc) is 2.52. The third-order valence-corrected chi connectivity index (χ3v) is 4.59. The maximum Gasteiger partial charge on any atom is 0.312 e. The van der Waals surface area contributed by atoms with Crippen molar-refractivity contribution in [1.29, 1.82) is 0 Å². The zero-order valence-electron chi connectivity index (χ0n) is 12.4. The number of hydrogen-bond donors (Lipinski definition) is 1. The molecule has 3 nitrogen and oxygen atoms in total. The molecule has 0 saturated carbocycles. The fraction of sp³-hybridized carbons (Fsp3) is 0. The number of rotatable bonds is 3. The van der Waals surface area contributed by atoms with Crippen molar-refractivity contribution in [1.82, 2.24) is 0 Å². The van der Waals surface area contributed by atoms with Crippen molar-refractivity contribution in [2.24, 2.45) is 10.2 Å². The lowest BCUT2D eigenvalue weighted by molar-refractivity contribution is 0.364. The average molecular weight is 374 g/mol. The van der Waals surface area contributed by atoms with Crippen LogP contribution in [0.3, 0.4) is 0 Å². The van der Waals surface area contributed by atoms with Gasteiger partial charge in [-0.15, -0.1) is 10.2 Å². The molecule has 1 N–H and O–H groups in total. The van der Waals surface area contributed by atoms with Crippen molar-refractivity contribution in [2.45, 2.75) is 4.90 Å². The van der Waals surface area contributed by atoms with E-state index in [1.54, 1.807) is 30.3 Å². The van der Waals surface area contributed by atoms with E-state index < -0.39 is 20.8 Å². The molecule has 0 aliphatic heterocycles. The Hall–Kier alpha value is -2.68. The predicted octanol–water partition coefficient (Wildman–Crippen LogP) is 7.62. The Bertz CT molecular complexity index is 1000. The minimum absolute atomic E-state index is 0.102. The summed E-state index contributed by atoms with van der Waals surface area (Å²) in [6.45, 7) is 0. The summed E-state index contributed by atoms with van der Waals surface area (Å²) < 4.78 is 65.6. The standard InChI is InChI=1S/C16H11F5N2OS/c17-25(18,19,20,21)15-8-4-3-7-13(15)22-23-16-12-6-2-1-5-11(12)9-10-14(16)24/h1-10,24H. The third-order valence-electron chi connectivity index (χ3n) is 3.42. The van der Waals surface area contributed by atoms with Gasteiger partial charge in [-0.25, -0.2) is 0 Å². The molecule has 0 radical (unpaired) electrons. The van der Waals surface area contributed by atoms with Crippen molar-refractivity contribution in [3.05, 3.63) is 60.7 Å². The SMILES string of the molecule is Oc1ccc2ccccc2c1N=Nc1ccccc1S(F)(F)(F)(F)F. The largest absolute Gasteiger partial charge is 0.506 e. The highest BCUT2D eigenvalue weighted by Crippen LogP contribution is 3.03. The summed E-state index contributed by atoms with van der Waals surface area (Å²) in [5.74, 6) is -0.327. The first-order valence-corrected chi connectivity index (χ1v) is 8.86. The van der Waals surface area contributed by atoms with E-state index in [1.165, 1.54) is 6.07 Å². The van der Waals surface area contributed by atoms with Crippen LogP contribution in [-0.2, 0) is 0 Å². The smallest absolute Gasteiger partial charge is 0.312 e. The van der Waals surface area contributed by atoms with Crippen molar-refractivity contribution in [2.75, 3.05) is 0 Å². The molecule has 0 aromatic heterocycles. The molecule has 0 aliphatic rings. The van der Waals surface area contributed by atoms with E-state index in [2.05, 4.69) is 10.2 Å². The summed E-state index contributed by atoms with van der Waals surface area (Å²) in [5, 5.41) is 17.9. The van der Waals surface area contributed by atoms with Crippen LogP contribution in [0.15, 0.2) is 75.8 Å². The van der Waals surface area contributed by atoms with Gasteiger partial charge in [0.25, 0.3) is 0 Å². The molecular formula is C16H11F5N2OS. The molecule has 0 saturated heterocycles. The van der Waals surface area contributed by atoms with Gasteiger partial charge in [0.15, 0.2) is 0 Å². The second-order valence-electron chi connectivity index (χ2n) is 5.29. The van der Waals surface area contributed by atoms with Gasteiger partial charge < -0.3 is 5.11 Å². The lowest BCUT2D eigenvalue weighted by Gasteiger charge is -2.40. The minimum Gasteiger partial charge on any atom is -0.506 e. The van der Waals surface area contributed by atoms with Crippen LogP contribution >= 0.6 is 10.2 Å². The number of nitrogens with zero attached hydrogens (tertiary/aromatic N) is 2. The summed E-state index contributed by atoms with van der Waals surface area (Å²) in [5.41, 5.74) is -1.12. The van der Waals surface area contributed by atoms with Gasteiger partial charge in [-0.3, -0.25) is 0 Å². The normalized spacial score (nSPS) is 15.2. The zero-order chi connectivity index (χ0) is 18.4. The van der Waals surface area contributed by atoms with Crippen LogP contribution in [0.4, 0.5) is 30.8 Å². The van der Waals surface area contributed by atoms with Gasteiger partial charge in [-0.1, -0.05) is 61.9 Å². The number of aromatic hydroxyl groups is 1. The fourth-order valence-electron chi connectivity index (χ4n) is 2.32. The molecule has 0 bridgehead atoms. The predicted molar refractivity (Wildman–Crippen MR) is 87.6 cm³/mol. The quantitative estimate of drug-likeness (QED) is 0.372. The summed E-state index contributed by atoms with van der Waals surface area (Å²) in [6, 6.07) is 12.6. The molecule has 0 atom stereocenters. The molecule has 0 amide bonds. The van der Waals surface area contributed by atoms with E-state index in [0.717, 1.165) is 18.2 Å². The van der Waals surface area contributed by atoms with Crippen molar-refractivity contribution >= 4 is 32.4 Å². The van der Waals surface area contributed by atoms with Crippen LogP contribution in [0.25, 0.3) is 10.8 Å². The number of hydrogen-bond acceptors (Lipinski definition) is 3. The summed E-state index contributed by atoms with van der Waals surface area (Å²) in [4.78, 5) is -2.12. The number of fused-ring (bicyclic) bond motifs is 1. The number of azo groups is 1. The van der Waals surface area contributed by atoms with E-state index >= 15 is 0 Å². The first-order chi connectivity index (χ1) is 11.5. The summed E-state index contributed by atoms with van der Waals surface area (Å²) in [6.07, 6.45) is 0. The van der Waals surface area contributed by atoms with Gasteiger partial charge in [0.1, 0.15) is 22.0 Å². The second-order valence-corrected chi connectivity index (χ2v) is 7.67. The van der Waals surface area contributed by atoms with E-state index in [0.29, 0.717) is 10.8 Å². The molecule has 0 unspecified atom stereocenters. The van der Waals surface area contributed by atoms with Crippen LogP contribution in [0, 0.1) is 0 Å². The van der Waals surface area contributed by atoms with Gasteiger partial charge in [-0.05, 0) is 23.6 Å². The highest BCUT2D eigenvalue weighted by Gasteiger charge is 2.66. The van der Waals surface area contributed by atoms with Gasteiger partial charge in [-0.2, -0.15) is 0 Å². The van der Waals surface area contributed by atoms with Crippen molar-refractivity contribution in [3.63, 3.8) is 0 Å². The van der Waals surface area contributed by atoms with E-state index in [-0.39, 0.29) is 17.5 Å². The molecule has 9 heteroatoms. The first-order valence-electron chi connectivity index (χ1n) is 6.91.